The minimum atomic E-state index is 0.0509. The van der Waals surface area contributed by atoms with Crippen molar-refractivity contribution in [3.63, 3.8) is 0 Å². The van der Waals surface area contributed by atoms with E-state index in [2.05, 4.69) is 11.0 Å². The molecule has 29 heavy (non-hydrogen) atoms. The molecule has 0 unspecified atom stereocenters. The third kappa shape index (κ3) is 3.08. The summed E-state index contributed by atoms with van der Waals surface area (Å²) in [6.45, 7) is 3.19. The summed E-state index contributed by atoms with van der Waals surface area (Å²) in [5.41, 5.74) is 3.00. The molecule has 6 heteroatoms. The average molecular weight is 391 g/mol. The summed E-state index contributed by atoms with van der Waals surface area (Å²) in [5.74, 6) is 1.59. The average Bonchev–Trinajstić information content (AvgIpc) is 2.72. The Bertz CT molecular complexity index is 1210. The number of nitrogens with zero attached hydrogens (tertiary/aromatic N) is 3. The topological polar surface area (TPSA) is 56.5 Å². The molecule has 2 aliphatic rings. The fourth-order valence-corrected chi connectivity index (χ4v) is 5.13. The van der Waals surface area contributed by atoms with Crippen LogP contribution in [0.1, 0.15) is 23.6 Å². The first-order valence-electron chi connectivity index (χ1n) is 10.1. The molecular weight excluding hydrogens is 366 g/mol. The lowest BCUT2D eigenvalue weighted by Crippen LogP contribution is -2.47. The molecule has 0 saturated carbocycles. The first kappa shape index (κ1) is 18.2. The highest BCUT2D eigenvalue weighted by molar-refractivity contribution is 5.81. The van der Waals surface area contributed by atoms with Crippen molar-refractivity contribution < 1.29 is 4.74 Å². The molecule has 150 valence electrons. The van der Waals surface area contributed by atoms with Gasteiger partial charge in [-0.15, -0.1) is 0 Å². The molecular formula is C23H25N3O3. The number of fused-ring (bicyclic) bond motifs is 5. The summed E-state index contributed by atoms with van der Waals surface area (Å²) in [5, 5.41) is 1.01. The number of pyridine rings is 2. The van der Waals surface area contributed by atoms with Gasteiger partial charge < -0.3 is 13.9 Å². The Hall–Kier alpha value is -2.86. The maximum Gasteiger partial charge on any atom is 0.255 e. The SMILES string of the molecule is COc1ccc2c(c1)cc(CN1C[C@H]3C[C@@H](C1)c1cccc(=O)n1C3)c(=O)n2C. The Kier molecular flexibility index (Phi) is 4.32. The van der Waals surface area contributed by atoms with Crippen LogP contribution in [-0.4, -0.2) is 34.2 Å². The molecule has 0 N–H and O–H groups in total. The van der Waals surface area contributed by atoms with Crippen molar-refractivity contribution >= 4 is 10.9 Å². The van der Waals surface area contributed by atoms with Crippen LogP contribution < -0.4 is 15.9 Å². The van der Waals surface area contributed by atoms with Gasteiger partial charge in [-0.3, -0.25) is 14.5 Å². The molecule has 0 aliphatic carbocycles. The Labute approximate surface area is 168 Å². The number of benzene rings is 1. The van der Waals surface area contributed by atoms with E-state index in [1.165, 1.54) is 0 Å². The number of hydrogen-bond acceptors (Lipinski definition) is 4. The number of likely N-dealkylation sites (tertiary alicyclic amines) is 1. The normalized spacial score (nSPS) is 21.2. The van der Waals surface area contributed by atoms with Gasteiger partial charge in [0.1, 0.15) is 5.75 Å². The summed E-state index contributed by atoms with van der Waals surface area (Å²) in [4.78, 5) is 27.6. The number of hydrogen-bond donors (Lipinski definition) is 0. The second kappa shape index (κ2) is 6.88. The number of piperidine rings is 1. The van der Waals surface area contributed by atoms with Crippen LogP contribution in [0.2, 0.25) is 0 Å². The smallest absolute Gasteiger partial charge is 0.255 e. The van der Waals surface area contributed by atoms with E-state index in [-0.39, 0.29) is 11.1 Å². The van der Waals surface area contributed by atoms with E-state index in [9.17, 15) is 9.59 Å². The fraction of sp³-hybridized carbons (Fsp3) is 0.391. The van der Waals surface area contributed by atoms with Gasteiger partial charge >= 0.3 is 0 Å². The van der Waals surface area contributed by atoms with Crippen molar-refractivity contribution in [3.8, 4) is 5.75 Å². The highest BCUT2D eigenvalue weighted by Gasteiger charge is 2.34. The number of aromatic nitrogens is 2. The first-order valence-corrected chi connectivity index (χ1v) is 10.1. The van der Waals surface area contributed by atoms with Crippen LogP contribution in [0, 0.1) is 5.92 Å². The second-order valence-electron chi connectivity index (χ2n) is 8.35. The molecule has 2 aromatic heterocycles. The van der Waals surface area contributed by atoms with Crippen molar-refractivity contribution in [1.82, 2.24) is 14.0 Å². The van der Waals surface area contributed by atoms with Gasteiger partial charge in [-0.2, -0.15) is 0 Å². The lowest BCUT2D eigenvalue weighted by Gasteiger charge is -2.42. The molecule has 0 spiro atoms. The third-order valence-electron chi connectivity index (χ3n) is 6.45. The largest absolute Gasteiger partial charge is 0.497 e. The van der Waals surface area contributed by atoms with Crippen LogP contribution in [0.3, 0.4) is 0 Å². The molecule has 2 aliphatic heterocycles. The van der Waals surface area contributed by atoms with Gasteiger partial charge in [-0.05, 0) is 42.7 Å². The quantitative estimate of drug-likeness (QED) is 0.688. The highest BCUT2D eigenvalue weighted by atomic mass is 16.5. The third-order valence-corrected chi connectivity index (χ3v) is 6.45. The van der Waals surface area contributed by atoms with E-state index >= 15 is 0 Å². The van der Waals surface area contributed by atoms with Gasteiger partial charge in [-0.1, -0.05) is 6.07 Å². The summed E-state index contributed by atoms with van der Waals surface area (Å²) in [7, 11) is 3.48. The maximum atomic E-state index is 13.0. The lowest BCUT2D eigenvalue weighted by atomic mass is 9.83. The predicted octanol–water partition coefficient (Wildman–Crippen LogP) is 2.33. The van der Waals surface area contributed by atoms with Gasteiger partial charge in [0.05, 0.1) is 12.6 Å². The molecule has 4 heterocycles. The van der Waals surface area contributed by atoms with Crippen LogP contribution in [-0.2, 0) is 20.1 Å². The van der Waals surface area contributed by atoms with Gasteiger partial charge in [0.2, 0.25) is 0 Å². The second-order valence-corrected chi connectivity index (χ2v) is 8.35. The monoisotopic (exact) mass is 391 g/mol. The van der Waals surface area contributed by atoms with Gasteiger partial charge in [-0.25, -0.2) is 0 Å². The summed E-state index contributed by atoms with van der Waals surface area (Å²) in [6.07, 6.45) is 1.12. The Morgan fingerprint density at radius 1 is 1.07 bits per heavy atom. The Balaban J connectivity index is 1.47. The zero-order valence-electron chi connectivity index (χ0n) is 16.8. The highest BCUT2D eigenvalue weighted by Crippen LogP contribution is 2.35. The number of methoxy groups -OCH3 is 1. The predicted molar refractivity (Wildman–Crippen MR) is 113 cm³/mol. The molecule has 6 nitrogen and oxygen atoms in total. The molecule has 1 aromatic carbocycles. The standard InChI is InChI=1S/C23H25N3O3/c1-24-20-7-6-19(29-2)10-16(20)9-18(23(24)28)14-25-11-15-8-17(13-25)21-4-3-5-22(27)26(21)12-15/h3-7,9-10,15,17H,8,11-14H2,1-2H3/t15-,17+/m1/s1. The van der Waals surface area contributed by atoms with Crippen molar-refractivity contribution in [2.45, 2.75) is 25.4 Å². The van der Waals surface area contributed by atoms with Crippen LogP contribution in [0.15, 0.2) is 52.1 Å². The molecule has 5 rings (SSSR count). The Morgan fingerprint density at radius 3 is 2.76 bits per heavy atom. The van der Waals surface area contributed by atoms with Crippen LogP contribution in [0.4, 0.5) is 0 Å². The molecule has 2 atom stereocenters. The van der Waals surface area contributed by atoms with E-state index in [4.69, 9.17) is 4.74 Å². The van der Waals surface area contributed by atoms with E-state index in [0.717, 1.165) is 54.0 Å². The van der Waals surface area contributed by atoms with Gasteiger partial charge in [0.15, 0.2) is 0 Å². The molecule has 2 bridgehead atoms. The lowest BCUT2D eigenvalue weighted by molar-refractivity contribution is 0.114. The molecule has 0 amide bonds. The first-order chi connectivity index (χ1) is 14.0. The van der Waals surface area contributed by atoms with Crippen molar-refractivity contribution in [1.29, 1.82) is 0 Å². The minimum Gasteiger partial charge on any atom is -0.497 e. The van der Waals surface area contributed by atoms with E-state index in [1.54, 1.807) is 17.7 Å². The number of rotatable bonds is 3. The number of ether oxygens (including phenoxy) is 1. The van der Waals surface area contributed by atoms with Crippen LogP contribution >= 0.6 is 0 Å². The maximum absolute atomic E-state index is 13.0. The molecule has 0 radical (unpaired) electrons. The van der Waals surface area contributed by atoms with E-state index in [1.807, 2.05) is 41.9 Å². The zero-order valence-corrected chi connectivity index (χ0v) is 16.8. The van der Waals surface area contributed by atoms with Crippen LogP contribution in [0.25, 0.3) is 10.9 Å². The van der Waals surface area contributed by atoms with Gasteiger partial charge in [0, 0.05) is 61.9 Å². The van der Waals surface area contributed by atoms with Crippen molar-refractivity contribution in [2.24, 2.45) is 13.0 Å². The summed E-state index contributed by atoms with van der Waals surface area (Å²) in [6, 6.07) is 13.4. The van der Waals surface area contributed by atoms with Gasteiger partial charge in [0.25, 0.3) is 11.1 Å². The van der Waals surface area contributed by atoms with E-state index < -0.39 is 0 Å². The zero-order chi connectivity index (χ0) is 20.1. The molecule has 3 aromatic rings. The molecule has 1 saturated heterocycles. The van der Waals surface area contributed by atoms with Crippen molar-refractivity contribution in [3.05, 3.63) is 74.4 Å². The summed E-state index contributed by atoms with van der Waals surface area (Å²) >= 11 is 0. The van der Waals surface area contributed by atoms with E-state index in [0.29, 0.717) is 18.4 Å². The Morgan fingerprint density at radius 2 is 1.93 bits per heavy atom. The van der Waals surface area contributed by atoms with Crippen molar-refractivity contribution in [2.75, 3.05) is 20.2 Å². The fourth-order valence-electron chi connectivity index (χ4n) is 5.13. The minimum absolute atomic E-state index is 0.0509. The van der Waals surface area contributed by atoms with Crippen LogP contribution in [0.5, 0.6) is 5.75 Å². The summed E-state index contributed by atoms with van der Waals surface area (Å²) < 4.78 is 9.02. The number of aryl methyl sites for hydroxylation is 1. The molecule has 1 fully saturated rings.